The molecule has 0 aliphatic heterocycles. The number of esters is 1. The van der Waals surface area contributed by atoms with E-state index in [1.807, 2.05) is 30.0 Å². The molecular weight excluding hydrogens is 272 g/mol. The monoisotopic (exact) mass is 292 g/mol. The summed E-state index contributed by atoms with van der Waals surface area (Å²) in [6, 6.07) is 1.99. The molecule has 0 saturated heterocycles. The molecule has 1 amide bonds. The van der Waals surface area contributed by atoms with Gasteiger partial charge in [0.25, 0.3) is 0 Å². The summed E-state index contributed by atoms with van der Waals surface area (Å²) in [5, 5.41) is 7.09. The van der Waals surface area contributed by atoms with Gasteiger partial charge in [-0.15, -0.1) is 0 Å². The molecule has 2 rings (SSSR count). The molecule has 7 heteroatoms. The number of amides is 1. The Labute approximate surface area is 122 Å². The molecule has 0 spiro atoms. The first-order valence-electron chi connectivity index (χ1n) is 7.03. The number of aryl methyl sites for hydroxylation is 1. The minimum absolute atomic E-state index is 0.120. The lowest BCUT2D eigenvalue weighted by atomic mass is 10.3. The number of aromatic nitrogens is 3. The Morgan fingerprint density at radius 1 is 1.33 bits per heavy atom. The SMILES string of the molecule is CCOC(=O)CCC(=O)NCCn1ccn2nc(C)cc12. The average Bonchev–Trinajstić information content (AvgIpc) is 2.97. The van der Waals surface area contributed by atoms with Gasteiger partial charge in [0.15, 0.2) is 0 Å². The van der Waals surface area contributed by atoms with Gasteiger partial charge in [0.2, 0.25) is 5.91 Å². The van der Waals surface area contributed by atoms with Gasteiger partial charge in [-0.05, 0) is 13.8 Å². The highest BCUT2D eigenvalue weighted by molar-refractivity contribution is 5.81. The quantitative estimate of drug-likeness (QED) is 0.769. The zero-order chi connectivity index (χ0) is 15.2. The fourth-order valence-corrected chi connectivity index (χ4v) is 2.09. The Balaban J connectivity index is 1.73. The van der Waals surface area contributed by atoms with Crippen LogP contribution in [0.25, 0.3) is 5.65 Å². The van der Waals surface area contributed by atoms with Gasteiger partial charge in [0, 0.05) is 38.0 Å². The average molecular weight is 292 g/mol. The molecule has 0 bridgehead atoms. The molecule has 7 nitrogen and oxygen atoms in total. The number of hydrogen-bond acceptors (Lipinski definition) is 4. The second-order valence-electron chi connectivity index (χ2n) is 4.73. The fraction of sp³-hybridized carbons (Fsp3) is 0.500. The Morgan fingerprint density at radius 3 is 2.90 bits per heavy atom. The van der Waals surface area contributed by atoms with Crippen molar-refractivity contribution in [1.29, 1.82) is 0 Å². The predicted octanol–water partition coefficient (Wildman–Crippen LogP) is 0.904. The summed E-state index contributed by atoms with van der Waals surface area (Å²) in [5.74, 6) is -0.481. The second kappa shape index (κ2) is 6.92. The van der Waals surface area contributed by atoms with Crippen LogP contribution in [0.1, 0.15) is 25.5 Å². The number of ether oxygens (including phenoxy) is 1. The molecule has 0 aromatic carbocycles. The molecule has 0 aliphatic rings. The highest BCUT2D eigenvalue weighted by Gasteiger charge is 2.08. The molecule has 0 atom stereocenters. The molecule has 114 valence electrons. The maximum absolute atomic E-state index is 11.6. The number of hydrogen-bond donors (Lipinski definition) is 1. The van der Waals surface area contributed by atoms with Crippen LogP contribution in [0, 0.1) is 6.92 Å². The standard InChI is InChI=1S/C14H20N4O3/c1-3-21-14(20)5-4-12(19)15-6-7-17-8-9-18-13(17)10-11(2)16-18/h8-10H,3-7H2,1-2H3,(H,15,19). The molecule has 0 radical (unpaired) electrons. The Kier molecular flexibility index (Phi) is 4.97. The molecule has 0 fully saturated rings. The van der Waals surface area contributed by atoms with Gasteiger partial charge < -0.3 is 14.6 Å². The molecule has 2 heterocycles. The van der Waals surface area contributed by atoms with E-state index >= 15 is 0 Å². The normalized spacial score (nSPS) is 10.8. The lowest BCUT2D eigenvalue weighted by molar-refractivity contribution is -0.144. The minimum atomic E-state index is -0.338. The van der Waals surface area contributed by atoms with Crippen LogP contribution in [0.4, 0.5) is 0 Å². The number of rotatable bonds is 7. The predicted molar refractivity (Wildman–Crippen MR) is 76.8 cm³/mol. The van der Waals surface area contributed by atoms with E-state index in [2.05, 4.69) is 10.4 Å². The first-order valence-corrected chi connectivity index (χ1v) is 7.03. The van der Waals surface area contributed by atoms with Crippen molar-refractivity contribution in [2.45, 2.75) is 33.2 Å². The van der Waals surface area contributed by atoms with Crippen LogP contribution in [0.3, 0.4) is 0 Å². The van der Waals surface area contributed by atoms with Crippen LogP contribution in [0.5, 0.6) is 0 Å². The molecule has 21 heavy (non-hydrogen) atoms. The van der Waals surface area contributed by atoms with Crippen molar-refractivity contribution in [1.82, 2.24) is 19.5 Å². The number of nitrogens with one attached hydrogen (secondary N) is 1. The van der Waals surface area contributed by atoms with E-state index in [9.17, 15) is 9.59 Å². The van der Waals surface area contributed by atoms with Crippen LogP contribution in [-0.4, -0.2) is 39.2 Å². The maximum Gasteiger partial charge on any atom is 0.306 e. The van der Waals surface area contributed by atoms with E-state index in [4.69, 9.17) is 4.74 Å². The molecule has 2 aromatic heterocycles. The Morgan fingerprint density at radius 2 is 2.14 bits per heavy atom. The van der Waals surface area contributed by atoms with E-state index in [-0.39, 0.29) is 24.7 Å². The number of imidazole rings is 1. The first-order chi connectivity index (χ1) is 10.1. The van der Waals surface area contributed by atoms with E-state index in [0.29, 0.717) is 19.7 Å². The van der Waals surface area contributed by atoms with Gasteiger partial charge >= 0.3 is 5.97 Å². The highest BCUT2D eigenvalue weighted by atomic mass is 16.5. The van der Waals surface area contributed by atoms with Crippen LogP contribution in [0.2, 0.25) is 0 Å². The summed E-state index contributed by atoms with van der Waals surface area (Å²) in [5.41, 5.74) is 1.95. The number of carbonyl (C=O) groups excluding carboxylic acids is 2. The maximum atomic E-state index is 11.6. The zero-order valence-corrected chi connectivity index (χ0v) is 12.3. The summed E-state index contributed by atoms with van der Waals surface area (Å²) in [4.78, 5) is 22.7. The molecule has 0 aliphatic carbocycles. The largest absolute Gasteiger partial charge is 0.466 e. The Hall–Kier alpha value is -2.31. The molecule has 1 N–H and O–H groups in total. The number of carbonyl (C=O) groups is 2. The minimum Gasteiger partial charge on any atom is -0.466 e. The van der Waals surface area contributed by atoms with E-state index < -0.39 is 0 Å². The molecular formula is C14H20N4O3. The van der Waals surface area contributed by atoms with Crippen LogP contribution in [-0.2, 0) is 20.9 Å². The van der Waals surface area contributed by atoms with E-state index in [1.165, 1.54) is 0 Å². The topological polar surface area (TPSA) is 77.6 Å². The highest BCUT2D eigenvalue weighted by Crippen LogP contribution is 2.06. The third-order valence-electron chi connectivity index (χ3n) is 3.06. The van der Waals surface area contributed by atoms with Crippen LogP contribution >= 0.6 is 0 Å². The second-order valence-corrected chi connectivity index (χ2v) is 4.73. The summed E-state index contributed by atoms with van der Waals surface area (Å²) in [6.07, 6.45) is 4.08. The summed E-state index contributed by atoms with van der Waals surface area (Å²) < 4.78 is 8.60. The van der Waals surface area contributed by atoms with Crippen molar-refractivity contribution in [3.05, 3.63) is 24.2 Å². The third kappa shape index (κ3) is 4.08. The van der Waals surface area contributed by atoms with Gasteiger partial charge in [-0.1, -0.05) is 0 Å². The summed E-state index contributed by atoms with van der Waals surface area (Å²) in [7, 11) is 0. The van der Waals surface area contributed by atoms with Gasteiger partial charge in [-0.3, -0.25) is 9.59 Å². The number of nitrogens with zero attached hydrogens (tertiary/aromatic N) is 3. The number of fused-ring (bicyclic) bond motifs is 1. The lowest BCUT2D eigenvalue weighted by Crippen LogP contribution is -2.27. The van der Waals surface area contributed by atoms with Crippen LogP contribution < -0.4 is 5.32 Å². The van der Waals surface area contributed by atoms with Gasteiger partial charge in [-0.25, -0.2) is 4.52 Å². The lowest BCUT2D eigenvalue weighted by Gasteiger charge is -2.06. The van der Waals surface area contributed by atoms with Crippen molar-refractivity contribution < 1.29 is 14.3 Å². The summed E-state index contributed by atoms with van der Waals surface area (Å²) in [6.45, 7) is 5.19. The molecule has 2 aromatic rings. The van der Waals surface area contributed by atoms with Gasteiger partial charge in [0.1, 0.15) is 5.65 Å². The van der Waals surface area contributed by atoms with Crippen molar-refractivity contribution in [2.24, 2.45) is 0 Å². The van der Waals surface area contributed by atoms with Gasteiger partial charge in [-0.2, -0.15) is 5.10 Å². The fourth-order valence-electron chi connectivity index (χ4n) is 2.09. The molecule has 0 saturated carbocycles. The Bertz CT molecular complexity index is 629. The third-order valence-corrected chi connectivity index (χ3v) is 3.06. The van der Waals surface area contributed by atoms with Gasteiger partial charge in [0.05, 0.1) is 18.7 Å². The van der Waals surface area contributed by atoms with Crippen molar-refractivity contribution in [3.8, 4) is 0 Å². The van der Waals surface area contributed by atoms with Crippen molar-refractivity contribution in [3.63, 3.8) is 0 Å². The first kappa shape index (κ1) is 15.1. The summed E-state index contributed by atoms with van der Waals surface area (Å²) >= 11 is 0. The molecule has 0 unspecified atom stereocenters. The van der Waals surface area contributed by atoms with Crippen molar-refractivity contribution >= 4 is 17.5 Å². The smallest absolute Gasteiger partial charge is 0.306 e. The van der Waals surface area contributed by atoms with E-state index in [0.717, 1.165) is 11.3 Å². The van der Waals surface area contributed by atoms with Crippen molar-refractivity contribution in [2.75, 3.05) is 13.2 Å². The zero-order valence-electron chi connectivity index (χ0n) is 12.3. The van der Waals surface area contributed by atoms with Crippen LogP contribution in [0.15, 0.2) is 18.5 Å². The van der Waals surface area contributed by atoms with E-state index in [1.54, 1.807) is 11.4 Å².